The van der Waals surface area contributed by atoms with Crippen LogP contribution in [0.4, 0.5) is 0 Å². The van der Waals surface area contributed by atoms with Crippen LogP contribution in [0, 0.1) is 0 Å². The third-order valence-corrected chi connectivity index (χ3v) is 4.23. The summed E-state index contributed by atoms with van der Waals surface area (Å²) in [6, 6.07) is 8.29. The normalized spacial score (nSPS) is 16.0. The molecule has 0 aliphatic heterocycles. The van der Waals surface area contributed by atoms with E-state index < -0.39 is 0 Å². The lowest BCUT2D eigenvalue weighted by atomic mass is 10.1. The monoisotopic (exact) mass is 304 g/mol. The van der Waals surface area contributed by atoms with E-state index in [1.807, 2.05) is 24.3 Å². The van der Waals surface area contributed by atoms with E-state index in [0.29, 0.717) is 19.0 Å². The molecule has 0 saturated heterocycles. The number of benzene rings is 1. The minimum Gasteiger partial charge on any atom is -0.497 e. The molecule has 1 aromatic rings. The predicted octanol–water partition coefficient (Wildman–Crippen LogP) is 2.67. The topological polar surface area (TPSA) is 50.4 Å². The zero-order valence-electron chi connectivity index (χ0n) is 13.6. The second-order valence-corrected chi connectivity index (χ2v) is 6.02. The highest BCUT2D eigenvalue weighted by Gasteiger charge is 2.11. The lowest BCUT2D eigenvalue weighted by Gasteiger charge is -2.16. The minimum absolute atomic E-state index is 0.0657. The number of methoxy groups -OCH3 is 1. The van der Waals surface area contributed by atoms with E-state index in [0.717, 1.165) is 17.9 Å². The molecule has 1 amide bonds. The molecule has 0 radical (unpaired) electrons. The Morgan fingerprint density at radius 1 is 1.18 bits per heavy atom. The minimum atomic E-state index is 0.0657. The van der Waals surface area contributed by atoms with Crippen molar-refractivity contribution in [1.82, 2.24) is 10.6 Å². The van der Waals surface area contributed by atoms with E-state index in [1.54, 1.807) is 7.11 Å². The lowest BCUT2D eigenvalue weighted by molar-refractivity contribution is -0.120. The zero-order chi connectivity index (χ0) is 15.6. The Hall–Kier alpha value is -1.55. The van der Waals surface area contributed by atoms with Crippen molar-refractivity contribution < 1.29 is 9.53 Å². The van der Waals surface area contributed by atoms with Crippen molar-refractivity contribution in [2.45, 2.75) is 51.0 Å². The molecular weight excluding hydrogens is 276 g/mol. The quantitative estimate of drug-likeness (QED) is 0.601. The van der Waals surface area contributed by atoms with Crippen LogP contribution in [0.1, 0.15) is 44.1 Å². The van der Waals surface area contributed by atoms with Gasteiger partial charge in [0.15, 0.2) is 0 Å². The summed E-state index contributed by atoms with van der Waals surface area (Å²) in [5.74, 6) is 0.858. The number of hydrogen-bond acceptors (Lipinski definition) is 3. The molecule has 4 heteroatoms. The van der Waals surface area contributed by atoms with Crippen LogP contribution in [-0.2, 0) is 11.2 Å². The highest BCUT2D eigenvalue weighted by atomic mass is 16.5. The summed E-state index contributed by atoms with van der Waals surface area (Å²) in [4.78, 5) is 11.9. The van der Waals surface area contributed by atoms with Gasteiger partial charge in [0.25, 0.3) is 0 Å². The molecule has 2 rings (SSSR count). The van der Waals surface area contributed by atoms with Crippen molar-refractivity contribution >= 4 is 5.91 Å². The summed E-state index contributed by atoms with van der Waals surface area (Å²) in [5.41, 5.74) is 0.980. The van der Waals surface area contributed by atoms with Crippen molar-refractivity contribution in [2.75, 3.05) is 20.2 Å². The largest absolute Gasteiger partial charge is 0.497 e. The molecule has 0 aromatic heterocycles. The van der Waals surface area contributed by atoms with Crippen molar-refractivity contribution in [3.63, 3.8) is 0 Å². The highest BCUT2D eigenvalue weighted by molar-refractivity contribution is 5.78. The van der Waals surface area contributed by atoms with Crippen LogP contribution in [-0.4, -0.2) is 32.1 Å². The predicted molar refractivity (Wildman–Crippen MR) is 89.2 cm³/mol. The molecule has 1 aliphatic carbocycles. The van der Waals surface area contributed by atoms with Gasteiger partial charge in [-0.05, 0) is 30.5 Å². The van der Waals surface area contributed by atoms with Crippen LogP contribution in [0.15, 0.2) is 24.3 Å². The lowest BCUT2D eigenvalue weighted by Crippen LogP contribution is -2.37. The SMILES string of the molecule is COc1cccc(CC(=O)NCCNC2CCCCCC2)c1. The second-order valence-electron chi connectivity index (χ2n) is 6.02. The first-order chi connectivity index (χ1) is 10.8. The molecule has 4 nitrogen and oxygen atoms in total. The van der Waals surface area contributed by atoms with Crippen molar-refractivity contribution in [1.29, 1.82) is 0 Å². The van der Waals surface area contributed by atoms with Gasteiger partial charge in [0, 0.05) is 19.1 Å². The van der Waals surface area contributed by atoms with Gasteiger partial charge in [-0.25, -0.2) is 0 Å². The molecule has 0 atom stereocenters. The summed E-state index contributed by atoms with van der Waals surface area (Å²) in [5, 5.41) is 6.55. The fourth-order valence-corrected chi connectivity index (χ4v) is 2.99. The second kappa shape index (κ2) is 9.46. The van der Waals surface area contributed by atoms with E-state index in [1.165, 1.54) is 38.5 Å². The molecule has 2 N–H and O–H groups in total. The Balaban J connectivity index is 1.62. The number of amides is 1. The molecule has 22 heavy (non-hydrogen) atoms. The van der Waals surface area contributed by atoms with Gasteiger partial charge in [-0.3, -0.25) is 4.79 Å². The number of carbonyl (C=O) groups is 1. The number of hydrogen-bond donors (Lipinski definition) is 2. The summed E-state index contributed by atoms with van der Waals surface area (Å²) in [7, 11) is 1.64. The molecule has 1 saturated carbocycles. The molecule has 1 aromatic carbocycles. The maximum absolute atomic E-state index is 11.9. The van der Waals surface area contributed by atoms with Gasteiger partial charge in [-0.2, -0.15) is 0 Å². The first kappa shape index (κ1) is 16.8. The maximum atomic E-state index is 11.9. The number of rotatable bonds is 7. The summed E-state index contributed by atoms with van der Waals surface area (Å²) >= 11 is 0. The van der Waals surface area contributed by atoms with Crippen LogP contribution in [0.2, 0.25) is 0 Å². The van der Waals surface area contributed by atoms with Gasteiger partial charge >= 0.3 is 0 Å². The highest BCUT2D eigenvalue weighted by Crippen LogP contribution is 2.16. The summed E-state index contributed by atoms with van der Waals surface area (Å²) < 4.78 is 5.17. The van der Waals surface area contributed by atoms with E-state index >= 15 is 0 Å². The van der Waals surface area contributed by atoms with Crippen molar-refractivity contribution in [2.24, 2.45) is 0 Å². The Labute approximate surface area is 133 Å². The summed E-state index contributed by atoms with van der Waals surface area (Å²) in [6.45, 7) is 1.55. The first-order valence-corrected chi connectivity index (χ1v) is 8.41. The average Bonchev–Trinajstić information content (AvgIpc) is 2.80. The van der Waals surface area contributed by atoms with Gasteiger partial charge in [0.05, 0.1) is 13.5 Å². The average molecular weight is 304 g/mol. The van der Waals surface area contributed by atoms with E-state index in [4.69, 9.17) is 4.74 Å². The number of carbonyl (C=O) groups excluding carboxylic acids is 1. The maximum Gasteiger partial charge on any atom is 0.224 e. The molecular formula is C18H28N2O2. The standard InChI is InChI=1S/C18H28N2O2/c1-22-17-10-6-7-15(13-17)14-18(21)20-12-11-19-16-8-4-2-3-5-9-16/h6-7,10,13,16,19H,2-5,8-9,11-12,14H2,1H3,(H,20,21). The molecule has 0 bridgehead atoms. The molecule has 0 spiro atoms. The molecule has 1 fully saturated rings. The van der Waals surface area contributed by atoms with Gasteiger partial charge in [-0.1, -0.05) is 37.8 Å². The van der Waals surface area contributed by atoms with Crippen LogP contribution in [0.3, 0.4) is 0 Å². The Bertz CT molecular complexity index is 454. The van der Waals surface area contributed by atoms with E-state index in [-0.39, 0.29) is 5.91 Å². The summed E-state index contributed by atoms with van der Waals surface area (Å²) in [6.07, 6.45) is 8.36. The van der Waals surface area contributed by atoms with Crippen molar-refractivity contribution in [3.05, 3.63) is 29.8 Å². The zero-order valence-corrected chi connectivity index (χ0v) is 13.6. The fourth-order valence-electron chi connectivity index (χ4n) is 2.99. The molecule has 1 aliphatic rings. The number of ether oxygens (including phenoxy) is 1. The smallest absolute Gasteiger partial charge is 0.224 e. The van der Waals surface area contributed by atoms with Gasteiger partial charge < -0.3 is 15.4 Å². The Kier molecular flexibility index (Phi) is 7.23. The number of nitrogens with one attached hydrogen (secondary N) is 2. The van der Waals surface area contributed by atoms with Crippen molar-refractivity contribution in [3.8, 4) is 5.75 Å². The third kappa shape index (κ3) is 6.06. The Morgan fingerprint density at radius 2 is 1.95 bits per heavy atom. The van der Waals surface area contributed by atoms with Crippen LogP contribution in [0.5, 0.6) is 5.75 Å². The Morgan fingerprint density at radius 3 is 2.68 bits per heavy atom. The van der Waals surface area contributed by atoms with Crippen LogP contribution in [0.25, 0.3) is 0 Å². The third-order valence-electron chi connectivity index (χ3n) is 4.23. The van der Waals surface area contributed by atoms with E-state index in [2.05, 4.69) is 10.6 Å². The molecule has 0 heterocycles. The van der Waals surface area contributed by atoms with Gasteiger partial charge in [0.2, 0.25) is 5.91 Å². The van der Waals surface area contributed by atoms with Crippen LogP contribution < -0.4 is 15.4 Å². The fraction of sp³-hybridized carbons (Fsp3) is 0.611. The molecule has 122 valence electrons. The van der Waals surface area contributed by atoms with Crippen LogP contribution >= 0.6 is 0 Å². The van der Waals surface area contributed by atoms with Gasteiger partial charge in [-0.15, -0.1) is 0 Å². The van der Waals surface area contributed by atoms with Gasteiger partial charge in [0.1, 0.15) is 5.75 Å². The molecule has 0 unspecified atom stereocenters. The van der Waals surface area contributed by atoms with E-state index in [9.17, 15) is 4.79 Å². The first-order valence-electron chi connectivity index (χ1n) is 8.41.